The summed E-state index contributed by atoms with van der Waals surface area (Å²) in [7, 11) is 3.25. The number of hydrogen-bond donors (Lipinski definition) is 2. The maximum absolute atomic E-state index is 10.3. The van der Waals surface area contributed by atoms with Crippen LogP contribution in [0.5, 0.6) is 11.5 Å². The first-order chi connectivity index (χ1) is 13.6. The molecule has 4 aliphatic rings. The zero-order valence-electron chi connectivity index (χ0n) is 17.3. The molecule has 5 rings (SSSR count). The third-order valence-electron chi connectivity index (χ3n) is 7.07. The number of nitrogens with one attached hydrogen (secondary N) is 1. The van der Waals surface area contributed by atoms with Crippen LogP contribution in [0, 0.1) is 23.2 Å². The summed E-state index contributed by atoms with van der Waals surface area (Å²) in [6, 6.07) is 5.75. The highest BCUT2D eigenvalue weighted by molar-refractivity contribution is 5.42. The van der Waals surface area contributed by atoms with Crippen LogP contribution in [0.1, 0.15) is 44.1 Å². The molecule has 0 unspecified atom stereocenters. The first-order valence-electron chi connectivity index (χ1n) is 10.8. The van der Waals surface area contributed by atoms with Gasteiger partial charge in [-0.05, 0) is 79.4 Å². The Kier molecular flexibility index (Phi) is 6.14. The van der Waals surface area contributed by atoms with Crippen LogP contribution in [0.2, 0.25) is 0 Å². The van der Waals surface area contributed by atoms with E-state index in [1.54, 1.807) is 14.2 Å². The van der Waals surface area contributed by atoms with Crippen LogP contribution in [-0.4, -0.2) is 45.1 Å². The second kappa shape index (κ2) is 8.60. The molecule has 0 aromatic heterocycles. The molecule has 4 bridgehead atoms. The maximum Gasteiger partial charge on any atom is 0.161 e. The van der Waals surface area contributed by atoms with Crippen molar-refractivity contribution in [1.29, 1.82) is 0 Å². The highest BCUT2D eigenvalue weighted by Gasteiger charge is 2.50. The molecule has 0 heterocycles. The first kappa shape index (κ1) is 20.0. The minimum Gasteiger partial charge on any atom is -0.493 e. The van der Waals surface area contributed by atoms with Gasteiger partial charge in [-0.25, -0.2) is 0 Å². The summed E-state index contributed by atoms with van der Waals surface area (Å²) in [6.07, 6.45) is 8.16. The fourth-order valence-electron chi connectivity index (χ4n) is 6.35. The maximum atomic E-state index is 10.3. The van der Waals surface area contributed by atoms with Crippen LogP contribution in [0.25, 0.3) is 0 Å². The first-order valence-corrected chi connectivity index (χ1v) is 10.8. The summed E-state index contributed by atoms with van der Waals surface area (Å²) in [4.78, 5) is 0. The van der Waals surface area contributed by atoms with Gasteiger partial charge in [0.05, 0.1) is 33.5 Å². The minimum absolute atomic E-state index is 0.336. The lowest BCUT2D eigenvalue weighted by atomic mass is 9.49. The monoisotopic (exact) mass is 389 g/mol. The fraction of sp³-hybridized carbons (Fsp3) is 0.739. The van der Waals surface area contributed by atoms with Gasteiger partial charge in [0, 0.05) is 13.1 Å². The molecule has 0 aliphatic heterocycles. The number of benzene rings is 1. The van der Waals surface area contributed by atoms with Gasteiger partial charge in [-0.3, -0.25) is 0 Å². The smallest absolute Gasteiger partial charge is 0.161 e. The van der Waals surface area contributed by atoms with Gasteiger partial charge in [-0.2, -0.15) is 0 Å². The average molecular weight is 390 g/mol. The Labute approximate surface area is 168 Å². The molecule has 28 heavy (non-hydrogen) atoms. The van der Waals surface area contributed by atoms with Gasteiger partial charge in [0.25, 0.3) is 0 Å². The molecule has 1 aromatic carbocycles. The molecular formula is C23H35NO4. The predicted octanol–water partition coefficient (Wildman–Crippen LogP) is 3.39. The lowest BCUT2D eigenvalue weighted by molar-refractivity contribution is -0.0532. The van der Waals surface area contributed by atoms with E-state index in [0.717, 1.165) is 29.9 Å². The highest BCUT2D eigenvalue weighted by atomic mass is 16.5. The molecule has 0 amide bonds. The zero-order valence-corrected chi connectivity index (χ0v) is 17.3. The van der Waals surface area contributed by atoms with Gasteiger partial charge in [0.1, 0.15) is 0 Å². The van der Waals surface area contributed by atoms with Crippen molar-refractivity contribution in [2.24, 2.45) is 23.2 Å². The second-order valence-corrected chi connectivity index (χ2v) is 9.41. The van der Waals surface area contributed by atoms with Gasteiger partial charge in [0.2, 0.25) is 0 Å². The van der Waals surface area contributed by atoms with Crippen molar-refractivity contribution < 1.29 is 19.3 Å². The molecule has 4 aliphatic carbocycles. The summed E-state index contributed by atoms with van der Waals surface area (Å²) in [6.45, 7) is 2.45. The van der Waals surface area contributed by atoms with Gasteiger partial charge >= 0.3 is 0 Å². The molecule has 0 spiro atoms. The molecular weight excluding hydrogens is 354 g/mol. The summed E-state index contributed by atoms with van der Waals surface area (Å²) < 4.78 is 16.3. The summed E-state index contributed by atoms with van der Waals surface area (Å²) in [5.41, 5.74) is 1.51. The van der Waals surface area contributed by atoms with E-state index in [0.29, 0.717) is 36.7 Å². The van der Waals surface area contributed by atoms with Crippen molar-refractivity contribution in [3.05, 3.63) is 23.8 Å². The molecule has 4 saturated carbocycles. The van der Waals surface area contributed by atoms with Crippen LogP contribution in [0.15, 0.2) is 18.2 Å². The highest BCUT2D eigenvalue weighted by Crippen LogP contribution is 2.59. The van der Waals surface area contributed by atoms with E-state index in [9.17, 15) is 5.11 Å². The van der Waals surface area contributed by atoms with Crippen molar-refractivity contribution in [1.82, 2.24) is 5.32 Å². The molecule has 2 N–H and O–H groups in total. The van der Waals surface area contributed by atoms with E-state index in [-0.39, 0.29) is 0 Å². The van der Waals surface area contributed by atoms with Crippen LogP contribution in [0.3, 0.4) is 0 Å². The Bertz CT molecular complexity index is 627. The third kappa shape index (κ3) is 4.47. The van der Waals surface area contributed by atoms with Gasteiger partial charge in [0.15, 0.2) is 11.5 Å². The summed E-state index contributed by atoms with van der Waals surface area (Å²) in [5.74, 6) is 4.33. The number of aliphatic hydroxyl groups excluding tert-OH is 1. The fourth-order valence-corrected chi connectivity index (χ4v) is 6.35. The van der Waals surface area contributed by atoms with Crippen molar-refractivity contribution in [2.45, 2.75) is 51.2 Å². The lowest BCUT2D eigenvalue weighted by Gasteiger charge is -2.57. The number of aliphatic hydroxyl groups is 1. The normalized spacial score (nSPS) is 31.8. The SMILES string of the molecule is COc1ccc(COC[C@H](O)CNCC23CC4CC(CC(C4)C2)C3)cc1OC. The predicted molar refractivity (Wildman–Crippen MR) is 109 cm³/mol. The van der Waals surface area contributed by atoms with E-state index < -0.39 is 6.10 Å². The average Bonchev–Trinajstić information content (AvgIpc) is 2.66. The van der Waals surface area contributed by atoms with E-state index in [4.69, 9.17) is 14.2 Å². The second-order valence-electron chi connectivity index (χ2n) is 9.41. The molecule has 5 heteroatoms. The van der Waals surface area contributed by atoms with Crippen molar-refractivity contribution in [3.8, 4) is 11.5 Å². The Morgan fingerprint density at radius 1 is 1.04 bits per heavy atom. The largest absolute Gasteiger partial charge is 0.493 e. The van der Waals surface area contributed by atoms with Gasteiger partial charge in [-0.15, -0.1) is 0 Å². The number of rotatable bonds is 10. The van der Waals surface area contributed by atoms with E-state index in [1.165, 1.54) is 38.5 Å². The lowest BCUT2D eigenvalue weighted by Crippen LogP contribution is -2.51. The zero-order chi connectivity index (χ0) is 19.6. The third-order valence-corrected chi connectivity index (χ3v) is 7.07. The van der Waals surface area contributed by atoms with Crippen molar-refractivity contribution >= 4 is 0 Å². The molecule has 0 saturated heterocycles. The Morgan fingerprint density at radius 3 is 2.29 bits per heavy atom. The molecule has 4 fully saturated rings. The van der Waals surface area contributed by atoms with Gasteiger partial charge in [-0.1, -0.05) is 6.07 Å². The molecule has 156 valence electrons. The standard InChI is InChI=1S/C23H35NO4/c1-26-21-4-3-16(8-22(21)27-2)13-28-14-20(25)12-24-15-23-9-17-5-18(10-23)7-19(6-17)11-23/h3-4,8,17-20,24-25H,5-7,9-15H2,1-2H3/t17?,18?,19?,20-,23?/m1/s1. The van der Waals surface area contributed by atoms with Crippen LogP contribution in [0.4, 0.5) is 0 Å². The topological polar surface area (TPSA) is 60.0 Å². The van der Waals surface area contributed by atoms with E-state index >= 15 is 0 Å². The summed E-state index contributed by atoms with van der Waals surface area (Å²) in [5, 5.41) is 13.8. The van der Waals surface area contributed by atoms with E-state index in [2.05, 4.69) is 5.32 Å². The Morgan fingerprint density at radius 2 is 1.68 bits per heavy atom. The number of ether oxygens (including phenoxy) is 3. The Balaban J connectivity index is 1.17. The molecule has 5 nitrogen and oxygen atoms in total. The number of hydrogen-bond acceptors (Lipinski definition) is 5. The van der Waals surface area contributed by atoms with Crippen LogP contribution >= 0.6 is 0 Å². The van der Waals surface area contributed by atoms with Crippen molar-refractivity contribution in [2.75, 3.05) is 33.9 Å². The molecule has 1 aromatic rings. The van der Waals surface area contributed by atoms with Crippen molar-refractivity contribution in [3.63, 3.8) is 0 Å². The van der Waals surface area contributed by atoms with Crippen LogP contribution < -0.4 is 14.8 Å². The van der Waals surface area contributed by atoms with Crippen LogP contribution in [-0.2, 0) is 11.3 Å². The van der Waals surface area contributed by atoms with E-state index in [1.807, 2.05) is 18.2 Å². The Hall–Kier alpha value is -1.30. The molecule has 1 atom stereocenters. The van der Waals surface area contributed by atoms with Gasteiger partial charge < -0.3 is 24.6 Å². The number of methoxy groups -OCH3 is 2. The minimum atomic E-state index is -0.478. The quantitative estimate of drug-likeness (QED) is 0.642. The molecule has 0 radical (unpaired) electrons. The summed E-state index contributed by atoms with van der Waals surface area (Å²) >= 11 is 0.